The summed E-state index contributed by atoms with van der Waals surface area (Å²) in [6, 6.07) is 0. The van der Waals surface area contributed by atoms with Crippen LogP contribution in [0.4, 0.5) is 0 Å². The van der Waals surface area contributed by atoms with Gasteiger partial charge in [-0.15, -0.1) is 0 Å². The van der Waals surface area contributed by atoms with E-state index in [0.29, 0.717) is 6.54 Å². The maximum Gasteiger partial charge on any atom is 0.243 e. The Morgan fingerprint density at radius 2 is 2.50 bits per heavy atom. The molecular weight excluding hydrogens is 202 g/mol. The first-order valence-electron chi connectivity index (χ1n) is 5.69. The minimum atomic E-state index is -0.147. The third-order valence-corrected chi connectivity index (χ3v) is 3.01. The van der Waals surface area contributed by atoms with Crippen molar-refractivity contribution in [2.45, 2.75) is 32.4 Å². The Balaban J connectivity index is 1.81. The van der Waals surface area contributed by atoms with Gasteiger partial charge in [0.1, 0.15) is 0 Å². The maximum absolute atomic E-state index is 11.0. The largest absolute Gasteiger partial charge is 0.348 e. The number of rotatable bonds is 5. The summed E-state index contributed by atoms with van der Waals surface area (Å²) in [5.74, 6) is 0.655. The highest BCUT2D eigenvalue weighted by Gasteiger charge is 2.17. The molecule has 4 heteroatoms. The number of carbonyl (C=O) groups excluding carboxylic acids is 1. The Kier molecular flexibility index (Phi) is 3.39. The van der Waals surface area contributed by atoms with Crippen molar-refractivity contribution >= 4 is 5.91 Å². The molecule has 0 aromatic carbocycles. The van der Waals surface area contributed by atoms with Gasteiger partial charge in [0, 0.05) is 24.8 Å². The molecule has 4 nitrogen and oxygen atoms in total. The van der Waals surface area contributed by atoms with E-state index in [1.807, 2.05) is 17.1 Å². The molecule has 1 saturated carbocycles. The summed E-state index contributed by atoms with van der Waals surface area (Å²) in [5, 5.41) is 7.01. The van der Waals surface area contributed by atoms with Crippen LogP contribution in [0.25, 0.3) is 0 Å². The highest BCUT2D eigenvalue weighted by Crippen LogP contribution is 2.27. The van der Waals surface area contributed by atoms with Gasteiger partial charge in [-0.1, -0.05) is 13.0 Å². The van der Waals surface area contributed by atoms with Crippen LogP contribution in [0.5, 0.6) is 0 Å². The van der Waals surface area contributed by atoms with Gasteiger partial charge < -0.3 is 5.32 Å². The summed E-state index contributed by atoms with van der Waals surface area (Å²) >= 11 is 0. The monoisotopic (exact) mass is 219 g/mol. The molecule has 1 fully saturated rings. The van der Waals surface area contributed by atoms with Crippen molar-refractivity contribution in [1.29, 1.82) is 0 Å². The SMILES string of the molecule is C=CC(=O)NCc1cnn(CC2CCC2)c1. The second-order valence-corrected chi connectivity index (χ2v) is 4.29. The summed E-state index contributed by atoms with van der Waals surface area (Å²) in [5.41, 5.74) is 1.04. The molecule has 0 bridgehead atoms. The standard InChI is InChI=1S/C12H17N3O/c1-2-12(16)13-6-11-7-14-15(9-11)8-10-4-3-5-10/h2,7,9-10H,1,3-6,8H2,(H,13,16). The normalized spacial score (nSPS) is 15.5. The zero-order valence-electron chi connectivity index (χ0n) is 9.35. The van der Waals surface area contributed by atoms with Crippen LogP contribution >= 0.6 is 0 Å². The van der Waals surface area contributed by atoms with E-state index in [1.165, 1.54) is 25.3 Å². The van der Waals surface area contributed by atoms with E-state index in [4.69, 9.17) is 0 Å². The average molecular weight is 219 g/mol. The van der Waals surface area contributed by atoms with E-state index in [1.54, 1.807) is 0 Å². The Hall–Kier alpha value is -1.58. The number of aromatic nitrogens is 2. The molecule has 2 rings (SSSR count). The Morgan fingerprint density at radius 1 is 1.69 bits per heavy atom. The van der Waals surface area contributed by atoms with Crippen LogP contribution in [-0.4, -0.2) is 15.7 Å². The smallest absolute Gasteiger partial charge is 0.243 e. The van der Waals surface area contributed by atoms with E-state index < -0.39 is 0 Å². The van der Waals surface area contributed by atoms with Crippen molar-refractivity contribution in [3.05, 3.63) is 30.6 Å². The molecule has 0 spiro atoms. The average Bonchev–Trinajstić information content (AvgIpc) is 2.68. The third kappa shape index (κ3) is 2.72. The van der Waals surface area contributed by atoms with Crippen molar-refractivity contribution in [3.8, 4) is 0 Å². The van der Waals surface area contributed by atoms with E-state index in [-0.39, 0.29) is 5.91 Å². The summed E-state index contributed by atoms with van der Waals surface area (Å²) in [4.78, 5) is 11.0. The molecule has 1 aromatic rings. The van der Waals surface area contributed by atoms with Gasteiger partial charge in [-0.2, -0.15) is 5.10 Å². The minimum absolute atomic E-state index is 0.147. The van der Waals surface area contributed by atoms with Gasteiger partial charge in [0.05, 0.1) is 6.20 Å². The van der Waals surface area contributed by atoms with Crippen LogP contribution in [0.3, 0.4) is 0 Å². The van der Waals surface area contributed by atoms with Gasteiger partial charge in [-0.3, -0.25) is 9.48 Å². The molecule has 1 aliphatic carbocycles. The van der Waals surface area contributed by atoms with Crippen LogP contribution in [0, 0.1) is 5.92 Å². The van der Waals surface area contributed by atoms with E-state index in [0.717, 1.165) is 18.0 Å². The molecular formula is C12H17N3O. The minimum Gasteiger partial charge on any atom is -0.348 e. The topological polar surface area (TPSA) is 46.9 Å². The zero-order valence-corrected chi connectivity index (χ0v) is 9.35. The predicted molar refractivity (Wildman–Crippen MR) is 61.6 cm³/mol. The lowest BCUT2D eigenvalue weighted by atomic mass is 9.85. The molecule has 0 unspecified atom stereocenters. The number of hydrogen-bond acceptors (Lipinski definition) is 2. The fourth-order valence-electron chi connectivity index (χ4n) is 1.80. The summed E-state index contributed by atoms with van der Waals surface area (Å²) in [6.07, 6.45) is 9.08. The Morgan fingerprint density at radius 3 is 3.12 bits per heavy atom. The molecule has 0 saturated heterocycles. The molecule has 0 atom stereocenters. The maximum atomic E-state index is 11.0. The molecule has 1 N–H and O–H groups in total. The van der Waals surface area contributed by atoms with Crippen LogP contribution < -0.4 is 5.32 Å². The molecule has 1 aliphatic rings. The Labute approximate surface area is 95.3 Å². The highest BCUT2D eigenvalue weighted by atomic mass is 16.1. The van der Waals surface area contributed by atoms with Gasteiger partial charge in [-0.25, -0.2) is 0 Å². The second-order valence-electron chi connectivity index (χ2n) is 4.29. The van der Waals surface area contributed by atoms with Gasteiger partial charge >= 0.3 is 0 Å². The van der Waals surface area contributed by atoms with Crippen LogP contribution in [0.2, 0.25) is 0 Å². The Bertz CT molecular complexity index is 379. The van der Waals surface area contributed by atoms with Crippen molar-refractivity contribution in [2.75, 3.05) is 0 Å². The summed E-state index contributed by atoms with van der Waals surface area (Å²) in [7, 11) is 0. The molecule has 1 aromatic heterocycles. The number of nitrogens with zero attached hydrogens (tertiary/aromatic N) is 2. The molecule has 1 amide bonds. The highest BCUT2D eigenvalue weighted by molar-refractivity contribution is 5.86. The predicted octanol–water partition coefficient (Wildman–Crippen LogP) is 1.49. The quantitative estimate of drug-likeness (QED) is 0.763. The molecule has 16 heavy (non-hydrogen) atoms. The number of hydrogen-bond donors (Lipinski definition) is 1. The second kappa shape index (κ2) is 4.96. The van der Waals surface area contributed by atoms with Gasteiger partial charge in [0.2, 0.25) is 5.91 Å². The lowest BCUT2D eigenvalue weighted by Gasteiger charge is -2.24. The summed E-state index contributed by atoms with van der Waals surface area (Å²) in [6.45, 7) is 4.94. The number of nitrogens with one attached hydrogen (secondary N) is 1. The number of carbonyl (C=O) groups is 1. The summed E-state index contributed by atoms with van der Waals surface area (Å²) < 4.78 is 1.97. The van der Waals surface area contributed by atoms with Gasteiger partial charge in [0.15, 0.2) is 0 Å². The third-order valence-electron chi connectivity index (χ3n) is 3.01. The number of amides is 1. The van der Waals surface area contributed by atoms with E-state index >= 15 is 0 Å². The molecule has 1 heterocycles. The van der Waals surface area contributed by atoms with E-state index in [9.17, 15) is 4.79 Å². The first-order chi connectivity index (χ1) is 7.78. The van der Waals surface area contributed by atoms with E-state index in [2.05, 4.69) is 17.0 Å². The lowest BCUT2D eigenvalue weighted by molar-refractivity contribution is -0.116. The fraction of sp³-hybridized carbons (Fsp3) is 0.500. The van der Waals surface area contributed by atoms with Gasteiger partial charge in [0.25, 0.3) is 0 Å². The van der Waals surface area contributed by atoms with Crippen LogP contribution in [0.15, 0.2) is 25.0 Å². The first kappa shape index (κ1) is 10.9. The first-order valence-corrected chi connectivity index (χ1v) is 5.69. The zero-order chi connectivity index (χ0) is 11.4. The molecule has 0 radical (unpaired) electrons. The van der Waals surface area contributed by atoms with Crippen molar-refractivity contribution < 1.29 is 4.79 Å². The van der Waals surface area contributed by atoms with Crippen molar-refractivity contribution in [1.82, 2.24) is 15.1 Å². The van der Waals surface area contributed by atoms with Crippen molar-refractivity contribution in [2.24, 2.45) is 5.92 Å². The van der Waals surface area contributed by atoms with Crippen molar-refractivity contribution in [3.63, 3.8) is 0 Å². The van der Waals surface area contributed by atoms with Crippen LogP contribution in [-0.2, 0) is 17.9 Å². The molecule has 0 aliphatic heterocycles. The molecule has 86 valence electrons. The van der Waals surface area contributed by atoms with Gasteiger partial charge in [-0.05, 0) is 24.8 Å². The lowest BCUT2D eigenvalue weighted by Crippen LogP contribution is -2.20. The van der Waals surface area contributed by atoms with Crippen LogP contribution in [0.1, 0.15) is 24.8 Å². The fourth-order valence-corrected chi connectivity index (χ4v) is 1.80.